The molecule has 2 fully saturated rings. The number of hydrogen-bond acceptors (Lipinski definition) is 3. The Bertz CT molecular complexity index is 296. The van der Waals surface area contributed by atoms with Crippen molar-refractivity contribution in [2.45, 2.75) is 63.2 Å². The summed E-state index contributed by atoms with van der Waals surface area (Å²) >= 11 is 0. The van der Waals surface area contributed by atoms with Crippen molar-refractivity contribution in [3.05, 3.63) is 0 Å². The van der Waals surface area contributed by atoms with E-state index in [9.17, 15) is 13.2 Å². The van der Waals surface area contributed by atoms with Gasteiger partial charge in [-0.25, -0.2) is 0 Å². The summed E-state index contributed by atoms with van der Waals surface area (Å²) in [5, 5.41) is 12.8. The lowest BCUT2D eigenvalue weighted by atomic mass is 9.86. The molecule has 2 aliphatic rings. The van der Waals surface area contributed by atoms with Crippen LogP contribution in [-0.2, 0) is 0 Å². The van der Waals surface area contributed by atoms with E-state index in [4.69, 9.17) is 5.11 Å². The first-order valence-corrected chi connectivity index (χ1v) is 8.12. The Balaban J connectivity index is 1.61. The van der Waals surface area contributed by atoms with E-state index in [0.29, 0.717) is 24.6 Å². The number of hydrogen-bond donors (Lipinski definition) is 2. The molecular weight excluding hydrogens is 281 g/mol. The summed E-state index contributed by atoms with van der Waals surface area (Å²) in [5.74, 6) is 0.465. The standard InChI is InChI=1S/C15H27F3N2O/c16-15(17,18)7-10-20-8-5-14(6-9-20)19-13-3-1-12(11-21)2-4-13/h12-14,19,21H,1-11H2. The molecule has 0 unspecified atom stereocenters. The third-order valence-electron chi connectivity index (χ3n) is 4.88. The highest BCUT2D eigenvalue weighted by atomic mass is 19.4. The van der Waals surface area contributed by atoms with Crippen LogP contribution >= 0.6 is 0 Å². The topological polar surface area (TPSA) is 35.5 Å². The van der Waals surface area contributed by atoms with Crippen LogP contribution in [0.1, 0.15) is 44.9 Å². The predicted molar refractivity (Wildman–Crippen MR) is 76.1 cm³/mol. The second kappa shape index (κ2) is 7.79. The number of aliphatic hydroxyl groups is 1. The summed E-state index contributed by atoms with van der Waals surface area (Å²) in [4.78, 5) is 1.92. The van der Waals surface area contributed by atoms with Crippen molar-refractivity contribution in [2.75, 3.05) is 26.2 Å². The van der Waals surface area contributed by atoms with Gasteiger partial charge in [0.05, 0.1) is 6.42 Å². The molecule has 124 valence electrons. The largest absolute Gasteiger partial charge is 0.396 e. The van der Waals surface area contributed by atoms with E-state index in [1.54, 1.807) is 0 Å². The third kappa shape index (κ3) is 6.12. The van der Waals surface area contributed by atoms with Crippen LogP contribution in [0.4, 0.5) is 13.2 Å². The molecule has 0 aromatic heterocycles. The van der Waals surface area contributed by atoms with Crippen LogP contribution in [0.25, 0.3) is 0 Å². The molecule has 0 aromatic carbocycles. The average Bonchev–Trinajstić information content (AvgIpc) is 2.46. The zero-order valence-corrected chi connectivity index (χ0v) is 12.5. The number of nitrogens with zero attached hydrogens (tertiary/aromatic N) is 1. The molecule has 0 spiro atoms. The van der Waals surface area contributed by atoms with Gasteiger partial charge >= 0.3 is 6.18 Å². The molecule has 0 radical (unpaired) electrons. The normalized spacial score (nSPS) is 29.7. The Morgan fingerprint density at radius 2 is 1.52 bits per heavy atom. The van der Waals surface area contributed by atoms with Crippen LogP contribution < -0.4 is 5.32 Å². The van der Waals surface area contributed by atoms with Crippen LogP contribution in [0.3, 0.4) is 0 Å². The molecule has 1 aliphatic heterocycles. The minimum absolute atomic E-state index is 0.137. The Morgan fingerprint density at radius 3 is 2.05 bits per heavy atom. The highest BCUT2D eigenvalue weighted by Crippen LogP contribution is 2.25. The SMILES string of the molecule is OCC1CCC(NC2CCN(CCC(F)(F)F)CC2)CC1. The summed E-state index contributed by atoms with van der Waals surface area (Å²) in [5.41, 5.74) is 0. The smallest absolute Gasteiger partial charge is 0.390 e. The van der Waals surface area contributed by atoms with Gasteiger partial charge in [0, 0.05) is 25.2 Å². The van der Waals surface area contributed by atoms with Crippen molar-refractivity contribution >= 4 is 0 Å². The summed E-state index contributed by atoms with van der Waals surface area (Å²) in [7, 11) is 0. The molecule has 0 atom stereocenters. The lowest BCUT2D eigenvalue weighted by Crippen LogP contribution is -2.47. The molecule has 2 N–H and O–H groups in total. The second-order valence-electron chi connectivity index (χ2n) is 6.55. The minimum atomic E-state index is -4.04. The highest BCUT2D eigenvalue weighted by molar-refractivity contribution is 4.84. The Kier molecular flexibility index (Phi) is 6.32. The van der Waals surface area contributed by atoms with Crippen LogP contribution in [0.15, 0.2) is 0 Å². The van der Waals surface area contributed by atoms with Crippen LogP contribution in [0.5, 0.6) is 0 Å². The van der Waals surface area contributed by atoms with Gasteiger partial charge in [0.1, 0.15) is 0 Å². The molecule has 1 heterocycles. The molecule has 0 aromatic rings. The number of halogens is 3. The maximum absolute atomic E-state index is 12.2. The number of alkyl halides is 3. The Hall–Kier alpha value is -0.330. The van der Waals surface area contributed by atoms with Crippen molar-refractivity contribution in [1.29, 1.82) is 0 Å². The van der Waals surface area contributed by atoms with Gasteiger partial charge in [0.2, 0.25) is 0 Å². The molecule has 6 heteroatoms. The van der Waals surface area contributed by atoms with Crippen LogP contribution in [0, 0.1) is 5.92 Å². The quantitative estimate of drug-likeness (QED) is 0.819. The zero-order chi connectivity index (χ0) is 15.3. The molecule has 3 nitrogen and oxygen atoms in total. The van der Waals surface area contributed by atoms with E-state index in [1.807, 2.05) is 4.90 Å². The van der Waals surface area contributed by atoms with Gasteiger partial charge in [-0.2, -0.15) is 13.2 Å². The summed E-state index contributed by atoms with van der Waals surface area (Å²) in [6.07, 6.45) is 1.53. The first kappa shape index (κ1) is 17.0. The fourth-order valence-electron chi connectivity index (χ4n) is 3.45. The van der Waals surface area contributed by atoms with E-state index in [0.717, 1.165) is 51.6 Å². The van der Waals surface area contributed by atoms with Crippen molar-refractivity contribution in [1.82, 2.24) is 10.2 Å². The van der Waals surface area contributed by atoms with E-state index in [-0.39, 0.29) is 6.54 Å². The average molecular weight is 308 g/mol. The van der Waals surface area contributed by atoms with E-state index in [1.165, 1.54) is 0 Å². The minimum Gasteiger partial charge on any atom is -0.396 e. The fourth-order valence-corrected chi connectivity index (χ4v) is 3.45. The van der Waals surface area contributed by atoms with Gasteiger partial charge in [0.25, 0.3) is 0 Å². The summed E-state index contributed by atoms with van der Waals surface area (Å²) in [6, 6.07) is 0.974. The zero-order valence-electron chi connectivity index (χ0n) is 12.5. The van der Waals surface area contributed by atoms with Gasteiger partial charge < -0.3 is 15.3 Å². The molecule has 0 amide bonds. The highest BCUT2D eigenvalue weighted by Gasteiger charge is 2.29. The molecule has 2 rings (SSSR count). The molecule has 21 heavy (non-hydrogen) atoms. The molecule has 1 aliphatic carbocycles. The molecule has 0 bridgehead atoms. The Morgan fingerprint density at radius 1 is 0.952 bits per heavy atom. The van der Waals surface area contributed by atoms with Crippen molar-refractivity contribution < 1.29 is 18.3 Å². The third-order valence-corrected chi connectivity index (χ3v) is 4.88. The maximum Gasteiger partial charge on any atom is 0.390 e. The van der Waals surface area contributed by atoms with E-state index in [2.05, 4.69) is 5.32 Å². The Labute approximate surface area is 124 Å². The number of aliphatic hydroxyl groups excluding tert-OH is 1. The monoisotopic (exact) mass is 308 g/mol. The number of rotatable bonds is 5. The fraction of sp³-hybridized carbons (Fsp3) is 1.00. The van der Waals surface area contributed by atoms with Crippen molar-refractivity contribution in [3.63, 3.8) is 0 Å². The van der Waals surface area contributed by atoms with E-state index >= 15 is 0 Å². The van der Waals surface area contributed by atoms with Gasteiger partial charge in [0.15, 0.2) is 0 Å². The van der Waals surface area contributed by atoms with Crippen molar-refractivity contribution in [3.8, 4) is 0 Å². The number of nitrogens with one attached hydrogen (secondary N) is 1. The second-order valence-corrected chi connectivity index (χ2v) is 6.55. The predicted octanol–water partition coefficient (Wildman–Crippen LogP) is 2.54. The first-order chi connectivity index (χ1) is 9.96. The first-order valence-electron chi connectivity index (χ1n) is 8.12. The van der Waals surface area contributed by atoms with Crippen LogP contribution in [0.2, 0.25) is 0 Å². The van der Waals surface area contributed by atoms with Crippen molar-refractivity contribution in [2.24, 2.45) is 5.92 Å². The van der Waals surface area contributed by atoms with E-state index < -0.39 is 12.6 Å². The van der Waals surface area contributed by atoms with Gasteiger partial charge in [-0.1, -0.05) is 0 Å². The van der Waals surface area contributed by atoms with Gasteiger partial charge in [-0.15, -0.1) is 0 Å². The number of piperidine rings is 1. The van der Waals surface area contributed by atoms with Gasteiger partial charge in [-0.05, 0) is 57.5 Å². The molecular formula is C15H27F3N2O. The molecule has 1 saturated heterocycles. The molecule has 1 saturated carbocycles. The summed E-state index contributed by atoms with van der Waals surface area (Å²) in [6.45, 7) is 1.96. The lowest BCUT2D eigenvalue weighted by Gasteiger charge is -2.36. The van der Waals surface area contributed by atoms with Gasteiger partial charge in [-0.3, -0.25) is 0 Å². The van der Waals surface area contributed by atoms with Crippen LogP contribution in [-0.4, -0.2) is 54.5 Å². The lowest BCUT2D eigenvalue weighted by molar-refractivity contribution is -0.138. The summed E-state index contributed by atoms with van der Waals surface area (Å²) < 4.78 is 36.6. The maximum atomic E-state index is 12.2. The number of likely N-dealkylation sites (tertiary alicyclic amines) is 1.